The first kappa shape index (κ1) is 31.2. The number of nitrogens with one attached hydrogen (secondary N) is 3. The molecule has 0 spiro atoms. The SMILES string of the molecule is COC(=O)N1CCCN(c2ccc(C(=O)NC(CC(=O)O)c3ccc(C)cc3)cc2NC(=O)Nc2ccc(Cl)cc2)CC1. The smallest absolute Gasteiger partial charge is 0.409 e. The summed E-state index contributed by atoms with van der Waals surface area (Å²) in [7, 11) is 1.34. The molecule has 11 nitrogen and oxygen atoms in total. The number of anilines is 3. The molecule has 1 unspecified atom stereocenters. The van der Waals surface area contributed by atoms with Gasteiger partial charge in [-0.05, 0) is 61.4 Å². The van der Waals surface area contributed by atoms with Gasteiger partial charge in [0.25, 0.3) is 5.91 Å². The second-order valence-electron chi connectivity index (χ2n) is 10.2. The Morgan fingerprint density at radius 3 is 2.33 bits per heavy atom. The van der Waals surface area contributed by atoms with E-state index in [0.29, 0.717) is 60.2 Å². The first-order valence-electron chi connectivity index (χ1n) is 13.8. The standard InChI is InChI=1S/C31H34ClN5O6/c1-20-4-6-21(7-5-20)25(19-28(38)39)34-29(40)22-8-13-27(36-14-3-15-37(17-16-36)31(42)43-2)26(18-22)35-30(41)33-24-11-9-23(32)10-12-24/h4-13,18,25H,3,14-17,19H2,1-2H3,(H,34,40)(H,38,39)(H2,33,35,41). The van der Waals surface area contributed by atoms with Gasteiger partial charge in [-0.2, -0.15) is 0 Å². The molecule has 3 aromatic carbocycles. The number of benzene rings is 3. The molecule has 4 rings (SSSR count). The number of hydrogen-bond acceptors (Lipinski definition) is 6. The van der Waals surface area contributed by atoms with E-state index in [0.717, 1.165) is 5.56 Å². The second-order valence-corrected chi connectivity index (χ2v) is 10.6. The van der Waals surface area contributed by atoms with Crippen molar-refractivity contribution in [2.75, 3.05) is 48.8 Å². The van der Waals surface area contributed by atoms with Crippen LogP contribution in [0.15, 0.2) is 66.7 Å². The Bertz CT molecular complexity index is 1460. The summed E-state index contributed by atoms with van der Waals surface area (Å²) < 4.78 is 4.88. The number of methoxy groups -OCH3 is 1. The lowest BCUT2D eigenvalue weighted by Crippen LogP contribution is -2.35. The van der Waals surface area contributed by atoms with Crippen molar-refractivity contribution in [2.24, 2.45) is 0 Å². The van der Waals surface area contributed by atoms with Crippen molar-refractivity contribution in [3.8, 4) is 0 Å². The van der Waals surface area contributed by atoms with E-state index in [1.54, 1.807) is 59.5 Å². The molecule has 1 aliphatic heterocycles. The molecule has 0 aromatic heterocycles. The van der Waals surface area contributed by atoms with Crippen LogP contribution in [0, 0.1) is 6.92 Å². The van der Waals surface area contributed by atoms with Crippen LogP contribution in [0.5, 0.6) is 0 Å². The molecule has 1 saturated heterocycles. The van der Waals surface area contributed by atoms with Crippen LogP contribution in [0.3, 0.4) is 0 Å². The number of carboxylic acids is 1. The maximum Gasteiger partial charge on any atom is 0.409 e. The molecule has 1 aliphatic rings. The lowest BCUT2D eigenvalue weighted by molar-refractivity contribution is -0.137. The van der Waals surface area contributed by atoms with Gasteiger partial charge in [0, 0.05) is 42.5 Å². The number of hydrogen-bond donors (Lipinski definition) is 4. The molecular weight excluding hydrogens is 574 g/mol. The summed E-state index contributed by atoms with van der Waals surface area (Å²) in [4.78, 5) is 53.8. The maximum atomic E-state index is 13.4. The van der Waals surface area contributed by atoms with Crippen LogP contribution in [0.25, 0.3) is 0 Å². The number of ether oxygens (including phenoxy) is 1. The lowest BCUT2D eigenvalue weighted by atomic mass is 10.0. The normalized spacial score (nSPS) is 13.8. The van der Waals surface area contributed by atoms with Crippen LogP contribution >= 0.6 is 11.6 Å². The van der Waals surface area contributed by atoms with Gasteiger partial charge in [-0.3, -0.25) is 9.59 Å². The predicted molar refractivity (Wildman–Crippen MR) is 165 cm³/mol. The van der Waals surface area contributed by atoms with Crippen molar-refractivity contribution in [1.29, 1.82) is 0 Å². The Kier molecular flexibility index (Phi) is 10.4. The molecule has 0 saturated carbocycles. The van der Waals surface area contributed by atoms with Gasteiger partial charge in [-0.15, -0.1) is 0 Å². The van der Waals surface area contributed by atoms with Gasteiger partial charge in [0.05, 0.1) is 30.9 Å². The summed E-state index contributed by atoms with van der Waals surface area (Å²) >= 11 is 5.96. The molecular formula is C31H34ClN5O6. The largest absolute Gasteiger partial charge is 0.481 e. The van der Waals surface area contributed by atoms with E-state index in [1.165, 1.54) is 7.11 Å². The van der Waals surface area contributed by atoms with Gasteiger partial charge in [0.1, 0.15) is 0 Å². The van der Waals surface area contributed by atoms with E-state index in [9.17, 15) is 24.3 Å². The van der Waals surface area contributed by atoms with Crippen LogP contribution in [0.4, 0.5) is 26.7 Å². The summed E-state index contributed by atoms with van der Waals surface area (Å²) in [6.45, 7) is 3.93. The van der Waals surface area contributed by atoms with Crippen molar-refractivity contribution in [3.05, 3.63) is 88.4 Å². The molecule has 3 aromatic rings. The lowest BCUT2D eigenvalue weighted by Gasteiger charge is -2.26. The highest BCUT2D eigenvalue weighted by atomic mass is 35.5. The van der Waals surface area contributed by atoms with Gasteiger partial charge in [0.2, 0.25) is 0 Å². The molecule has 1 heterocycles. The van der Waals surface area contributed by atoms with Crippen molar-refractivity contribution >= 4 is 52.7 Å². The Balaban J connectivity index is 1.60. The highest BCUT2D eigenvalue weighted by molar-refractivity contribution is 6.30. The summed E-state index contributed by atoms with van der Waals surface area (Å²) in [6.07, 6.45) is -0.0355. The number of carboxylic acid groups (broad SMARTS) is 1. The Hall–Kier alpha value is -4.77. The summed E-state index contributed by atoms with van der Waals surface area (Å²) in [6, 6.07) is 17.6. The van der Waals surface area contributed by atoms with Crippen molar-refractivity contribution in [1.82, 2.24) is 10.2 Å². The van der Waals surface area contributed by atoms with E-state index in [1.807, 2.05) is 24.0 Å². The number of halogens is 1. The zero-order valence-electron chi connectivity index (χ0n) is 23.9. The average molecular weight is 608 g/mol. The molecule has 0 aliphatic carbocycles. The van der Waals surface area contributed by atoms with Gasteiger partial charge >= 0.3 is 18.1 Å². The Morgan fingerprint density at radius 1 is 0.930 bits per heavy atom. The number of carbonyl (C=O) groups is 4. The van der Waals surface area contributed by atoms with Crippen LogP contribution in [0.2, 0.25) is 5.02 Å². The third-order valence-corrected chi connectivity index (χ3v) is 7.29. The van der Waals surface area contributed by atoms with E-state index in [2.05, 4.69) is 16.0 Å². The quantitative estimate of drug-likeness (QED) is 0.264. The van der Waals surface area contributed by atoms with Crippen molar-refractivity contribution < 1.29 is 29.0 Å². The third-order valence-electron chi connectivity index (χ3n) is 7.04. The van der Waals surface area contributed by atoms with E-state index < -0.39 is 30.0 Å². The van der Waals surface area contributed by atoms with E-state index >= 15 is 0 Å². The molecule has 4 N–H and O–H groups in total. The summed E-state index contributed by atoms with van der Waals surface area (Å²) in [5, 5.41) is 18.4. The number of aliphatic carboxylic acids is 1. The van der Waals surface area contributed by atoms with Gasteiger partial charge < -0.3 is 35.6 Å². The fourth-order valence-electron chi connectivity index (χ4n) is 4.81. The number of carbonyl (C=O) groups excluding carboxylic acids is 3. The molecule has 12 heteroatoms. The Morgan fingerprint density at radius 2 is 1.65 bits per heavy atom. The van der Waals surface area contributed by atoms with E-state index in [4.69, 9.17) is 16.3 Å². The Labute approximate surface area is 254 Å². The third kappa shape index (κ3) is 8.62. The molecule has 1 fully saturated rings. The number of urea groups is 1. The minimum Gasteiger partial charge on any atom is -0.481 e. The van der Waals surface area contributed by atoms with Crippen LogP contribution in [-0.4, -0.2) is 67.3 Å². The monoisotopic (exact) mass is 607 g/mol. The van der Waals surface area contributed by atoms with Crippen LogP contribution < -0.4 is 20.9 Å². The zero-order valence-corrected chi connectivity index (χ0v) is 24.7. The number of aryl methyl sites for hydroxylation is 1. The highest BCUT2D eigenvalue weighted by Gasteiger charge is 2.24. The molecule has 4 amide bonds. The van der Waals surface area contributed by atoms with Crippen LogP contribution in [-0.2, 0) is 9.53 Å². The molecule has 0 radical (unpaired) electrons. The minimum absolute atomic E-state index is 0.235. The topological polar surface area (TPSA) is 140 Å². The van der Waals surface area contributed by atoms with Crippen LogP contribution in [0.1, 0.15) is 40.4 Å². The van der Waals surface area contributed by atoms with Crippen molar-refractivity contribution in [2.45, 2.75) is 25.8 Å². The van der Waals surface area contributed by atoms with E-state index in [-0.39, 0.29) is 12.0 Å². The molecule has 0 bridgehead atoms. The van der Waals surface area contributed by atoms with Gasteiger partial charge in [-0.25, -0.2) is 9.59 Å². The minimum atomic E-state index is -1.05. The highest BCUT2D eigenvalue weighted by Crippen LogP contribution is 2.30. The van der Waals surface area contributed by atoms with Crippen molar-refractivity contribution in [3.63, 3.8) is 0 Å². The average Bonchev–Trinajstić information content (AvgIpc) is 3.24. The first-order valence-corrected chi connectivity index (χ1v) is 14.2. The molecule has 43 heavy (non-hydrogen) atoms. The first-order chi connectivity index (χ1) is 20.6. The fourth-order valence-corrected chi connectivity index (χ4v) is 4.93. The second kappa shape index (κ2) is 14.4. The number of nitrogens with zero attached hydrogens (tertiary/aromatic N) is 2. The van der Waals surface area contributed by atoms with Gasteiger partial charge in [0.15, 0.2) is 0 Å². The zero-order chi connectivity index (χ0) is 30.9. The predicted octanol–water partition coefficient (Wildman–Crippen LogP) is 5.52. The fraction of sp³-hybridized carbons (Fsp3) is 0.290. The van der Waals surface area contributed by atoms with Gasteiger partial charge in [-0.1, -0.05) is 41.4 Å². The summed E-state index contributed by atoms with van der Waals surface area (Å²) in [5.74, 6) is -1.54. The summed E-state index contributed by atoms with van der Waals surface area (Å²) in [5.41, 5.74) is 3.47. The molecule has 226 valence electrons. The molecule has 1 atom stereocenters. The number of rotatable bonds is 8. The maximum absolute atomic E-state index is 13.4. The number of amides is 4.